The summed E-state index contributed by atoms with van der Waals surface area (Å²) < 4.78 is 0. The Hall–Kier alpha value is -1.32. The average Bonchev–Trinajstić information content (AvgIpc) is 2.59. The summed E-state index contributed by atoms with van der Waals surface area (Å²) in [5.74, 6) is 0. The first-order chi connectivity index (χ1) is 6.86. The van der Waals surface area contributed by atoms with E-state index in [1.165, 1.54) is 16.5 Å². The zero-order valence-electron chi connectivity index (χ0n) is 7.88. The van der Waals surface area contributed by atoms with Gasteiger partial charge in [-0.15, -0.1) is 0 Å². The number of nitrogens with two attached hydrogens (primary N) is 1. The average molecular weight is 187 g/mol. The van der Waals surface area contributed by atoms with Crippen LogP contribution in [0.25, 0.3) is 10.9 Å². The molecule has 1 atom stereocenters. The van der Waals surface area contributed by atoms with E-state index in [2.05, 4.69) is 28.5 Å². The molecule has 3 nitrogen and oxygen atoms in total. The number of aromatic amines is 1. The molecule has 72 valence electrons. The third-order valence-corrected chi connectivity index (χ3v) is 2.90. The zero-order valence-corrected chi connectivity index (χ0v) is 7.88. The Morgan fingerprint density at radius 2 is 2.14 bits per heavy atom. The predicted molar refractivity (Wildman–Crippen MR) is 56.9 cm³/mol. The van der Waals surface area contributed by atoms with Crippen molar-refractivity contribution in [2.75, 3.05) is 6.54 Å². The molecule has 2 aromatic rings. The fourth-order valence-corrected chi connectivity index (χ4v) is 2.21. The summed E-state index contributed by atoms with van der Waals surface area (Å²) in [7, 11) is 0. The molecule has 1 aromatic heterocycles. The number of para-hydroxylation sites is 1. The van der Waals surface area contributed by atoms with Crippen LogP contribution in [0.2, 0.25) is 0 Å². The molecule has 1 aromatic carbocycles. The topological polar surface area (TPSA) is 53.8 Å². The smallest absolute Gasteiger partial charge is 0.0966 e. The van der Waals surface area contributed by atoms with Gasteiger partial charge < -0.3 is 10.7 Å². The van der Waals surface area contributed by atoms with Crippen LogP contribution >= 0.6 is 0 Å². The van der Waals surface area contributed by atoms with Crippen molar-refractivity contribution in [2.45, 2.75) is 12.6 Å². The molecule has 3 heteroatoms. The summed E-state index contributed by atoms with van der Waals surface area (Å²) in [5, 5.41) is 4.56. The van der Waals surface area contributed by atoms with Crippen LogP contribution in [0.4, 0.5) is 0 Å². The van der Waals surface area contributed by atoms with E-state index in [1.807, 2.05) is 6.07 Å². The molecule has 0 aliphatic carbocycles. The van der Waals surface area contributed by atoms with Gasteiger partial charge in [0.2, 0.25) is 0 Å². The molecule has 2 heterocycles. The van der Waals surface area contributed by atoms with Crippen LogP contribution in [0.3, 0.4) is 0 Å². The number of hydrogen-bond donors (Lipinski definition) is 3. The molecule has 0 fully saturated rings. The molecule has 0 saturated heterocycles. The molecular formula is C11H13N3. The van der Waals surface area contributed by atoms with Gasteiger partial charge in [0.15, 0.2) is 0 Å². The Balaban J connectivity index is 2.32. The Morgan fingerprint density at radius 1 is 1.29 bits per heavy atom. The first-order valence-electron chi connectivity index (χ1n) is 4.95. The monoisotopic (exact) mass is 187 g/mol. The highest BCUT2D eigenvalue weighted by Gasteiger charge is 2.20. The summed E-state index contributed by atoms with van der Waals surface area (Å²) in [6, 6.07) is 8.37. The Kier molecular flexibility index (Phi) is 1.63. The van der Waals surface area contributed by atoms with E-state index in [0.717, 1.165) is 18.7 Å². The van der Waals surface area contributed by atoms with Crippen molar-refractivity contribution in [2.24, 2.45) is 5.73 Å². The van der Waals surface area contributed by atoms with Crippen LogP contribution in [0.5, 0.6) is 0 Å². The highest BCUT2D eigenvalue weighted by molar-refractivity contribution is 5.85. The molecule has 0 amide bonds. The second-order valence-electron chi connectivity index (χ2n) is 3.74. The molecule has 1 unspecified atom stereocenters. The van der Waals surface area contributed by atoms with E-state index in [-0.39, 0.29) is 6.17 Å². The summed E-state index contributed by atoms with van der Waals surface area (Å²) in [5.41, 5.74) is 9.69. The number of aromatic nitrogens is 1. The molecule has 14 heavy (non-hydrogen) atoms. The van der Waals surface area contributed by atoms with Gasteiger partial charge in [0.25, 0.3) is 0 Å². The number of benzene rings is 1. The lowest BCUT2D eigenvalue weighted by Crippen LogP contribution is -2.35. The molecule has 1 aliphatic heterocycles. The Labute approximate surface area is 82.3 Å². The van der Waals surface area contributed by atoms with E-state index in [9.17, 15) is 0 Å². The molecule has 1 aliphatic rings. The van der Waals surface area contributed by atoms with Gasteiger partial charge in [0, 0.05) is 17.4 Å². The molecule has 4 N–H and O–H groups in total. The van der Waals surface area contributed by atoms with E-state index >= 15 is 0 Å². The summed E-state index contributed by atoms with van der Waals surface area (Å²) in [4.78, 5) is 3.38. The number of rotatable bonds is 0. The maximum Gasteiger partial charge on any atom is 0.0966 e. The SMILES string of the molecule is NC1NCCc2c1[nH]c1ccccc21. The van der Waals surface area contributed by atoms with Crippen LogP contribution in [0.15, 0.2) is 24.3 Å². The third kappa shape index (κ3) is 0.997. The predicted octanol–water partition coefficient (Wildman–Crippen LogP) is 1.27. The first-order valence-corrected chi connectivity index (χ1v) is 4.95. The van der Waals surface area contributed by atoms with Crippen molar-refractivity contribution in [3.8, 4) is 0 Å². The van der Waals surface area contributed by atoms with Gasteiger partial charge in [0.05, 0.1) is 11.9 Å². The van der Waals surface area contributed by atoms with E-state index in [1.54, 1.807) is 0 Å². The fourth-order valence-electron chi connectivity index (χ4n) is 2.21. The van der Waals surface area contributed by atoms with Gasteiger partial charge in [-0.3, -0.25) is 5.32 Å². The van der Waals surface area contributed by atoms with Gasteiger partial charge in [-0.1, -0.05) is 18.2 Å². The van der Waals surface area contributed by atoms with Crippen LogP contribution in [-0.2, 0) is 6.42 Å². The van der Waals surface area contributed by atoms with Crippen molar-refractivity contribution in [3.05, 3.63) is 35.5 Å². The second-order valence-corrected chi connectivity index (χ2v) is 3.74. The number of H-pyrrole nitrogens is 1. The van der Waals surface area contributed by atoms with Gasteiger partial charge in [-0.25, -0.2) is 0 Å². The minimum absolute atomic E-state index is 0.0360. The summed E-state index contributed by atoms with van der Waals surface area (Å²) >= 11 is 0. The van der Waals surface area contributed by atoms with Crippen molar-refractivity contribution in [1.29, 1.82) is 0 Å². The number of hydrogen-bond acceptors (Lipinski definition) is 2. The van der Waals surface area contributed by atoms with Gasteiger partial charge >= 0.3 is 0 Å². The van der Waals surface area contributed by atoms with Crippen molar-refractivity contribution in [1.82, 2.24) is 10.3 Å². The minimum Gasteiger partial charge on any atom is -0.356 e. The van der Waals surface area contributed by atoms with Crippen LogP contribution < -0.4 is 11.1 Å². The lowest BCUT2D eigenvalue weighted by Gasteiger charge is -2.20. The quantitative estimate of drug-likeness (QED) is 0.581. The molecular weight excluding hydrogens is 174 g/mol. The molecule has 3 rings (SSSR count). The number of nitrogens with one attached hydrogen (secondary N) is 2. The summed E-state index contributed by atoms with van der Waals surface area (Å²) in [6.45, 7) is 0.968. The van der Waals surface area contributed by atoms with E-state index in [4.69, 9.17) is 5.73 Å². The van der Waals surface area contributed by atoms with Crippen LogP contribution in [0.1, 0.15) is 17.4 Å². The lowest BCUT2D eigenvalue weighted by molar-refractivity contribution is 0.513. The van der Waals surface area contributed by atoms with Crippen LogP contribution in [-0.4, -0.2) is 11.5 Å². The second kappa shape index (κ2) is 2.83. The lowest BCUT2D eigenvalue weighted by atomic mass is 10.0. The van der Waals surface area contributed by atoms with Gasteiger partial charge in [-0.05, 0) is 18.1 Å². The largest absolute Gasteiger partial charge is 0.356 e. The molecule has 0 bridgehead atoms. The maximum atomic E-state index is 5.97. The fraction of sp³-hybridized carbons (Fsp3) is 0.273. The van der Waals surface area contributed by atoms with Gasteiger partial charge in [-0.2, -0.15) is 0 Å². The molecule has 0 radical (unpaired) electrons. The first kappa shape index (κ1) is 8.03. The van der Waals surface area contributed by atoms with E-state index < -0.39 is 0 Å². The summed E-state index contributed by atoms with van der Waals surface area (Å²) in [6.07, 6.45) is 1.03. The maximum absolute atomic E-state index is 5.97. The normalized spacial score (nSPS) is 21.1. The number of fused-ring (bicyclic) bond motifs is 3. The minimum atomic E-state index is -0.0360. The van der Waals surface area contributed by atoms with E-state index in [0.29, 0.717) is 0 Å². The zero-order chi connectivity index (χ0) is 9.54. The highest BCUT2D eigenvalue weighted by Crippen LogP contribution is 2.27. The van der Waals surface area contributed by atoms with Crippen molar-refractivity contribution < 1.29 is 0 Å². The molecule has 0 spiro atoms. The van der Waals surface area contributed by atoms with Crippen LogP contribution in [0, 0.1) is 0 Å². The molecule has 0 saturated carbocycles. The third-order valence-electron chi connectivity index (χ3n) is 2.90. The Bertz CT molecular complexity index is 472. The Morgan fingerprint density at radius 3 is 3.07 bits per heavy atom. The van der Waals surface area contributed by atoms with Crippen molar-refractivity contribution >= 4 is 10.9 Å². The highest BCUT2D eigenvalue weighted by atomic mass is 15.1. The standard InChI is InChI=1S/C11H13N3/c12-11-10-8(5-6-13-11)7-3-1-2-4-9(7)14-10/h1-4,11,13-14H,5-6,12H2. The van der Waals surface area contributed by atoms with Gasteiger partial charge in [0.1, 0.15) is 0 Å². The van der Waals surface area contributed by atoms with Crippen molar-refractivity contribution in [3.63, 3.8) is 0 Å².